The number of carbonyl (C=O) groups excluding carboxylic acids is 1. The van der Waals surface area contributed by atoms with E-state index in [-0.39, 0.29) is 11.5 Å². The second-order valence-corrected chi connectivity index (χ2v) is 11.1. The van der Waals surface area contributed by atoms with Gasteiger partial charge < -0.3 is 15.5 Å². The first-order valence-corrected chi connectivity index (χ1v) is 14.9. The second-order valence-electron chi connectivity index (χ2n) is 9.40. The molecule has 2 N–H and O–H groups in total. The van der Waals surface area contributed by atoms with Crippen molar-refractivity contribution in [2.45, 2.75) is 13.1 Å². The molecule has 0 aliphatic rings. The molecular weight excluding hydrogens is 626 g/mol. The minimum atomic E-state index is -4.62. The smallest absolute Gasteiger partial charge is 0.314 e. The number of aromatic nitrogens is 7. The van der Waals surface area contributed by atoms with Gasteiger partial charge in [0.1, 0.15) is 11.4 Å². The number of alkyl halides is 3. The van der Waals surface area contributed by atoms with Crippen LogP contribution in [0.3, 0.4) is 0 Å². The van der Waals surface area contributed by atoms with Crippen molar-refractivity contribution in [2.75, 3.05) is 22.6 Å². The van der Waals surface area contributed by atoms with E-state index in [0.717, 1.165) is 27.9 Å². The first-order chi connectivity index (χ1) is 21.6. The van der Waals surface area contributed by atoms with Gasteiger partial charge in [0.2, 0.25) is 11.9 Å². The molecule has 1 amide bonds. The number of carbonyl (C=O) groups is 1. The first kappa shape index (κ1) is 29.7. The molecule has 0 unspecified atom stereocenters. The molecule has 45 heavy (non-hydrogen) atoms. The van der Waals surface area contributed by atoms with E-state index in [1.54, 1.807) is 36.1 Å². The zero-order chi connectivity index (χ0) is 31.6. The van der Waals surface area contributed by atoms with Crippen LogP contribution in [0.4, 0.5) is 40.9 Å². The summed E-state index contributed by atoms with van der Waals surface area (Å²) in [6, 6.07) is 11.9. The number of thiazole rings is 2. The number of anilines is 5. The van der Waals surface area contributed by atoms with Crippen LogP contribution in [0.5, 0.6) is 0 Å². The summed E-state index contributed by atoms with van der Waals surface area (Å²) in [7, 11) is 1.37. The van der Waals surface area contributed by atoms with Crippen LogP contribution >= 0.6 is 22.7 Å². The molecule has 0 aliphatic carbocycles. The van der Waals surface area contributed by atoms with Gasteiger partial charge in [0.05, 0.1) is 28.3 Å². The number of hydrogen-bond donors (Lipinski definition) is 2. The van der Waals surface area contributed by atoms with Gasteiger partial charge in [-0.2, -0.15) is 13.2 Å². The average molecular weight is 647 g/mol. The Kier molecular flexibility index (Phi) is 8.14. The zero-order valence-electron chi connectivity index (χ0n) is 23.4. The van der Waals surface area contributed by atoms with E-state index in [1.807, 2.05) is 29.6 Å². The third-order valence-corrected chi connectivity index (χ3v) is 7.90. The molecule has 0 saturated carbocycles. The number of pyridine rings is 3. The normalized spacial score (nSPS) is 11.3. The third-order valence-electron chi connectivity index (χ3n) is 6.38. The van der Waals surface area contributed by atoms with Crippen molar-refractivity contribution in [1.29, 1.82) is 0 Å². The fraction of sp³-hybridized carbons (Fsp3) is 0.103. The molecule has 0 fully saturated rings. The summed E-state index contributed by atoms with van der Waals surface area (Å²) in [5.41, 5.74) is 2.97. The van der Waals surface area contributed by atoms with Crippen molar-refractivity contribution in [1.82, 2.24) is 34.9 Å². The largest absolute Gasteiger partial charge is 0.417 e. The maximum Gasteiger partial charge on any atom is 0.417 e. The molecule has 6 aromatic heterocycles. The lowest BCUT2D eigenvalue weighted by atomic mass is 10.1. The first-order valence-electron chi connectivity index (χ1n) is 13.1. The van der Waals surface area contributed by atoms with Gasteiger partial charge in [0, 0.05) is 55.1 Å². The van der Waals surface area contributed by atoms with Gasteiger partial charge in [-0.3, -0.25) is 14.8 Å². The summed E-state index contributed by atoms with van der Waals surface area (Å²) in [4.78, 5) is 43.8. The lowest BCUT2D eigenvalue weighted by Crippen LogP contribution is -2.24. The van der Waals surface area contributed by atoms with Crippen LogP contribution < -0.4 is 15.5 Å². The predicted molar refractivity (Wildman–Crippen MR) is 167 cm³/mol. The van der Waals surface area contributed by atoms with Crippen molar-refractivity contribution >= 4 is 56.3 Å². The summed E-state index contributed by atoms with van der Waals surface area (Å²) in [6.45, 7) is 1.25. The summed E-state index contributed by atoms with van der Waals surface area (Å²) >= 11 is 2.62. The van der Waals surface area contributed by atoms with Crippen LogP contribution in [0.1, 0.15) is 12.5 Å². The molecule has 226 valence electrons. The van der Waals surface area contributed by atoms with Crippen molar-refractivity contribution in [2.24, 2.45) is 0 Å². The lowest BCUT2D eigenvalue weighted by Gasteiger charge is -2.20. The van der Waals surface area contributed by atoms with E-state index >= 15 is 0 Å². The highest BCUT2D eigenvalue weighted by molar-refractivity contribution is 7.14. The van der Waals surface area contributed by atoms with E-state index < -0.39 is 17.6 Å². The Bertz CT molecular complexity index is 1980. The quantitative estimate of drug-likeness (QED) is 0.177. The summed E-state index contributed by atoms with van der Waals surface area (Å²) in [5.74, 6) is -0.0380. The highest BCUT2D eigenvalue weighted by Gasteiger charge is 2.32. The van der Waals surface area contributed by atoms with Crippen molar-refractivity contribution < 1.29 is 18.0 Å². The monoisotopic (exact) mass is 646 g/mol. The van der Waals surface area contributed by atoms with Gasteiger partial charge in [0.15, 0.2) is 16.1 Å². The van der Waals surface area contributed by atoms with Gasteiger partial charge in [-0.15, -0.1) is 22.7 Å². The molecule has 0 bridgehead atoms. The Morgan fingerprint density at radius 3 is 2.20 bits per heavy atom. The van der Waals surface area contributed by atoms with Crippen molar-refractivity contribution in [3.63, 3.8) is 0 Å². The van der Waals surface area contributed by atoms with Gasteiger partial charge >= 0.3 is 6.18 Å². The minimum Gasteiger partial charge on any atom is -0.314 e. The lowest BCUT2D eigenvalue weighted by molar-refractivity contribution is -0.137. The fourth-order valence-corrected chi connectivity index (χ4v) is 5.45. The van der Waals surface area contributed by atoms with E-state index in [9.17, 15) is 18.0 Å². The van der Waals surface area contributed by atoms with Crippen LogP contribution in [0.2, 0.25) is 0 Å². The molecule has 0 radical (unpaired) electrons. The second kappa shape index (κ2) is 12.3. The Labute approximate surface area is 262 Å². The molecule has 6 rings (SSSR count). The van der Waals surface area contributed by atoms with Crippen LogP contribution in [-0.4, -0.2) is 47.8 Å². The maximum atomic E-state index is 13.3. The Balaban J connectivity index is 1.21. The zero-order valence-corrected chi connectivity index (χ0v) is 25.1. The number of nitrogens with one attached hydrogen (secondary N) is 2. The van der Waals surface area contributed by atoms with Crippen LogP contribution in [0, 0.1) is 0 Å². The number of nitrogens with zero attached hydrogens (tertiary/aromatic N) is 8. The highest BCUT2D eigenvalue weighted by Crippen LogP contribution is 2.36. The highest BCUT2D eigenvalue weighted by atomic mass is 32.1. The number of halogens is 3. The van der Waals surface area contributed by atoms with Crippen LogP contribution in [-0.2, 0) is 11.0 Å². The topological polar surface area (TPSA) is 135 Å². The van der Waals surface area contributed by atoms with Gasteiger partial charge in [-0.1, -0.05) is 6.07 Å². The summed E-state index contributed by atoms with van der Waals surface area (Å²) in [6.07, 6.45) is 1.06. The Morgan fingerprint density at radius 1 is 0.778 bits per heavy atom. The minimum absolute atomic E-state index is 0.0342. The Morgan fingerprint density at radius 2 is 1.49 bits per heavy atom. The number of hydrogen-bond acceptors (Lipinski definition) is 12. The molecule has 11 nitrogen and oxygen atoms in total. The SMILES string of the molecule is CC(=O)N(C)c1cc(C(F)(F)F)cnc1Nc1nc(-c2cc(-c3ccnc(Nc4nc(-c5ccccn5)cs4)n3)ccn2)cs1. The van der Waals surface area contributed by atoms with Gasteiger partial charge in [-0.05, 0) is 36.4 Å². The molecule has 0 aliphatic heterocycles. The molecule has 0 saturated heterocycles. The molecule has 0 aromatic carbocycles. The predicted octanol–water partition coefficient (Wildman–Crippen LogP) is 7.06. The fourth-order valence-electron chi connectivity index (χ4n) is 4.05. The van der Waals surface area contributed by atoms with E-state index in [2.05, 4.69) is 45.5 Å². The molecule has 0 atom stereocenters. The van der Waals surface area contributed by atoms with Gasteiger partial charge in [-0.25, -0.2) is 24.9 Å². The third kappa shape index (κ3) is 6.76. The van der Waals surface area contributed by atoms with Crippen LogP contribution in [0.15, 0.2) is 78.0 Å². The molecule has 16 heteroatoms. The number of amides is 1. The van der Waals surface area contributed by atoms with Crippen LogP contribution in [0.25, 0.3) is 34.0 Å². The summed E-state index contributed by atoms with van der Waals surface area (Å²) in [5, 5.41) is 10.7. The summed E-state index contributed by atoms with van der Waals surface area (Å²) < 4.78 is 40.0. The van der Waals surface area contributed by atoms with E-state index in [1.165, 1.54) is 36.6 Å². The number of rotatable bonds is 8. The van der Waals surface area contributed by atoms with Crippen molar-refractivity contribution in [3.8, 4) is 34.0 Å². The van der Waals surface area contributed by atoms with Crippen molar-refractivity contribution in [3.05, 3.63) is 83.6 Å². The Hall–Kier alpha value is -5.35. The standard InChI is InChI=1S/C29H21F3N10OS2/c1-16(43)42(2)24-12-18(29(30,31)32)13-36-25(24)40-27-39-23(15-44-27)21-11-17(6-9-34-21)19-7-10-35-26(37-19)41-28-38-22(14-45-28)20-5-3-4-8-33-20/h3-15H,1-2H3,(H,36,39,40)(H,35,37,38,41). The molecule has 0 spiro atoms. The average Bonchev–Trinajstić information content (AvgIpc) is 3.71. The molecule has 6 aromatic rings. The van der Waals surface area contributed by atoms with E-state index in [0.29, 0.717) is 39.5 Å². The maximum absolute atomic E-state index is 13.3. The molecular formula is C29H21F3N10OS2. The molecule has 6 heterocycles. The van der Waals surface area contributed by atoms with Gasteiger partial charge in [0.25, 0.3) is 0 Å². The van der Waals surface area contributed by atoms with E-state index in [4.69, 9.17) is 0 Å².